The molecule has 0 aliphatic rings. The molecule has 1 rings (SSSR count). The number of ether oxygens (including phenoxy) is 1. The highest BCUT2D eigenvalue weighted by atomic mass is 16.5. The second-order valence-corrected chi connectivity index (χ2v) is 2.21. The van der Waals surface area contributed by atoms with E-state index in [1.807, 2.05) is 12.1 Å². The zero-order valence-corrected chi connectivity index (χ0v) is 7.13. The molecule has 0 heterocycles. The summed E-state index contributed by atoms with van der Waals surface area (Å²) in [6.07, 6.45) is 1.07. The Balaban J connectivity index is 0.000001000. The van der Waals surface area contributed by atoms with Crippen LogP contribution in [0.5, 0.6) is 5.75 Å². The van der Waals surface area contributed by atoms with Crippen molar-refractivity contribution in [3.05, 3.63) is 29.8 Å². The molecule has 62 valence electrons. The third-order valence-electron chi connectivity index (χ3n) is 1.54. The first-order chi connectivity index (χ1) is 4.86. The van der Waals surface area contributed by atoms with E-state index in [0.717, 1.165) is 12.2 Å². The van der Waals surface area contributed by atoms with Crippen molar-refractivity contribution in [3.63, 3.8) is 0 Å². The summed E-state index contributed by atoms with van der Waals surface area (Å²) in [4.78, 5) is 0. The summed E-state index contributed by atoms with van der Waals surface area (Å²) in [7, 11) is 1.69. The maximum atomic E-state index is 5.06. The van der Waals surface area contributed by atoms with Crippen molar-refractivity contribution in [2.75, 3.05) is 7.11 Å². The van der Waals surface area contributed by atoms with Crippen LogP contribution in [-0.2, 0) is 6.42 Å². The van der Waals surface area contributed by atoms with Crippen LogP contribution in [0.4, 0.5) is 0 Å². The summed E-state index contributed by atoms with van der Waals surface area (Å²) < 4.78 is 5.06. The quantitative estimate of drug-likeness (QED) is 0.709. The summed E-state index contributed by atoms with van der Waals surface area (Å²) in [5.41, 5.74) is 1.32. The van der Waals surface area contributed by atoms with Crippen molar-refractivity contribution in [2.24, 2.45) is 0 Å². The van der Waals surface area contributed by atoms with Crippen LogP contribution in [0.3, 0.4) is 0 Å². The topological polar surface area (TPSA) is 44.2 Å². The van der Waals surface area contributed by atoms with E-state index in [-0.39, 0.29) is 6.15 Å². The van der Waals surface area contributed by atoms with Crippen LogP contribution in [0.25, 0.3) is 0 Å². The van der Waals surface area contributed by atoms with E-state index in [2.05, 4.69) is 19.1 Å². The Labute approximate surface area is 67.8 Å². The van der Waals surface area contributed by atoms with Gasteiger partial charge in [0.05, 0.1) is 7.11 Å². The number of benzene rings is 1. The minimum Gasteiger partial charge on any atom is -0.497 e. The first-order valence-electron chi connectivity index (χ1n) is 3.49. The van der Waals surface area contributed by atoms with Gasteiger partial charge in [-0.25, -0.2) is 0 Å². The number of hydrogen-bond donors (Lipinski definition) is 1. The summed E-state index contributed by atoms with van der Waals surface area (Å²) >= 11 is 0. The van der Waals surface area contributed by atoms with Gasteiger partial charge in [-0.2, -0.15) is 0 Å². The highest BCUT2D eigenvalue weighted by Crippen LogP contribution is 2.12. The van der Waals surface area contributed by atoms with Crippen molar-refractivity contribution < 1.29 is 4.74 Å². The Hall–Kier alpha value is -1.02. The van der Waals surface area contributed by atoms with Crippen LogP contribution >= 0.6 is 0 Å². The molecule has 1 aromatic carbocycles. The normalized spacial score (nSPS) is 8.55. The molecule has 0 aliphatic carbocycles. The largest absolute Gasteiger partial charge is 0.497 e. The molecule has 0 radical (unpaired) electrons. The van der Waals surface area contributed by atoms with Gasteiger partial charge in [-0.15, -0.1) is 0 Å². The van der Waals surface area contributed by atoms with E-state index in [0.29, 0.717) is 0 Å². The van der Waals surface area contributed by atoms with Gasteiger partial charge in [-0.05, 0) is 24.1 Å². The smallest absolute Gasteiger partial charge is 0.119 e. The zero-order chi connectivity index (χ0) is 7.40. The van der Waals surface area contributed by atoms with Crippen molar-refractivity contribution in [3.8, 4) is 5.75 Å². The molecule has 0 unspecified atom stereocenters. The number of methoxy groups -OCH3 is 1. The van der Waals surface area contributed by atoms with E-state index in [1.165, 1.54) is 5.56 Å². The summed E-state index contributed by atoms with van der Waals surface area (Å²) in [6.45, 7) is 2.13. The molecule has 0 aromatic heterocycles. The van der Waals surface area contributed by atoms with Gasteiger partial charge in [-0.1, -0.05) is 19.1 Å². The Bertz CT molecular complexity index is 191. The van der Waals surface area contributed by atoms with Gasteiger partial charge in [0.2, 0.25) is 0 Å². The molecule has 2 nitrogen and oxygen atoms in total. The number of hydrogen-bond acceptors (Lipinski definition) is 2. The second kappa shape index (κ2) is 4.74. The molecule has 0 spiro atoms. The van der Waals surface area contributed by atoms with Crippen LogP contribution in [-0.4, -0.2) is 7.11 Å². The van der Waals surface area contributed by atoms with E-state index in [1.54, 1.807) is 7.11 Å². The standard InChI is InChI=1S/C9H12O.H3N/c1-3-8-5-4-6-9(7-8)10-2;/h4-7H,3H2,1-2H3;1H3. The highest BCUT2D eigenvalue weighted by molar-refractivity contribution is 5.28. The average molecular weight is 153 g/mol. The Morgan fingerprint density at radius 2 is 2.09 bits per heavy atom. The first kappa shape index (κ1) is 9.98. The highest BCUT2D eigenvalue weighted by Gasteiger charge is 1.90. The second-order valence-electron chi connectivity index (χ2n) is 2.21. The predicted molar refractivity (Wildman–Crippen MR) is 47.4 cm³/mol. The maximum absolute atomic E-state index is 5.06. The minimum absolute atomic E-state index is 0. The van der Waals surface area contributed by atoms with Crippen LogP contribution in [0.15, 0.2) is 24.3 Å². The molecule has 1 aromatic rings. The Morgan fingerprint density at radius 3 is 2.64 bits per heavy atom. The molecule has 0 fully saturated rings. The zero-order valence-electron chi connectivity index (χ0n) is 7.13. The fourth-order valence-corrected chi connectivity index (χ4v) is 0.892. The Kier molecular flexibility index (Phi) is 4.30. The average Bonchev–Trinajstić information content (AvgIpc) is 2.05. The third-order valence-corrected chi connectivity index (χ3v) is 1.54. The molecule has 3 N–H and O–H groups in total. The SMILES string of the molecule is CCc1cccc(OC)c1.N. The van der Waals surface area contributed by atoms with Gasteiger partial charge in [0.1, 0.15) is 5.75 Å². The molecule has 0 bridgehead atoms. The fourth-order valence-electron chi connectivity index (χ4n) is 0.892. The first-order valence-corrected chi connectivity index (χ1v) is 3.49. The molecular weight excluding hydrogens is 138 g/mol. The van der Waals surface area contributed by atoms with Crippen molar-refractivity contribution >= 4 is 0 Å². The minimum atomic E-state index is 0. The molecule has 0 atom stereocenters. The fraction of sp³-hybridized carbons (Fsp3) is 0.333. The predicted octanol–water partition coefficient (Wildman–Crippen LogP) is 2.42. The van der Waals surface area contributed by atoms with Crippen LogP contribution in [0.2, 0.25) is 0 Å². The van der Waals surface area contributed by atoms with Gasteiger partial charge in [0.25, 0.3) is 0 Å². The number of aryl methyl sites for hydroxylation is 1. The third kappa shape index (κ3) is 2.60. The van der Waals surface area contributed by atoms with Gasteiger partial charge in [0, 0.05) is 0 Å². The van der Waals surface area contributed by atoms with Gasteiger partial charge >= 0.3 is 0 Å². The molecule has 11 heavy (non-hydrogen) atoms. The lowest BCUT2D eigenvalue weighted by Crippen LogP contribution is -1.84. The lowest BCUT2D eigenvalue weighted by Gasteiger charge is -2.00. The van der Waals surface area contributed by atoms with Crippen LogP contribution < -0.4 is 10.9 Å². The van der Waals surface area contributed by atoms with Crippen molar-refractivity contribution in [1.82, 2.24) is 6.15 Å². The molecule has 0 aliphatic heterocycles. The van der Waals surface area contributed by atoms with E-state index in [4.69, 9.17) is 4.74 Å². The van der Waals surface area contributed by atoms with Crippen LogP contribution in [0, 0.1) is 0 Å². The molecule has 2 heteroatoms. The maximum Gasteiger partial charge on any atom is 0.119 e. The van der Waals surface area contributed by atoms with E-state index >= 15 is 0 Å². The summed E-state index contributed by atoms with van der Waals surface area (Å²) in [5, 5.41) is 0. The van der Waals surface area contributed by atoms with E-state index < -0.39 is 0 Å². The molecule has 0 amide bonds. The molecule has 0 saturated carbocycles. The van der Waals surface area contributed by atoms with E-state index in [9.17, 15) is 0 Å². The number of rotatable bonds is 2. The van der Waals surface area contributed by atoms with Crippen molar-refractivity contribution in [2.45, 2.75) is 13.3 Å². The molecule has 0 saturated heterocycles. The monoisotopic (exact) mass is 153 g/mol. The lowest BCUT2D eigenvalue weighted by atomic mass is 10.2. The summed E-state index contributed by atoms with van der Waals surface area (Å²) in [5.74, 6) is 0.944. The summed E-state index contributed by atoms with van der Waals surface area (Å²) in [6, 6.07) is 8.12. The van der Waals surface area contributed by atoms with Gasteiger partial charge in [-0.3, -0.25) is 0 Å². The van der Waals surface area contributed by atoms with Crippen LogP contribution in [0.1, 0.15) is 12.5 Å². The Morgan fingerprint density at radius 1 is 1.36 bits per heavy atom. The van der Waals surface area contributed by atoms with Gasteiger partial charge in [0.15, 0.2) is 0 Å². The molecular formula is C9H15NO. The van der Waals surface area contributed by atoms with Gasteiger partial charge < -0.3 is 10.9 Å². The lowest BCUT2D eigenvalue weighted by molar-refractivity contribution is 0.414. The van der Waals surface area contributed by atoms with Crippen molar-refractivity contribution in [1.29, 1.82) is 0 Å².